The van der Waals surface area contributed by atoms with Crippen molar-refractivity contribution >= 4 is 22.5 Å². The summed E-state index contributed by atoms with van der Waals surface area (Å²) in [5.41, 5.74) is 8.24. The zero-order chi connectivity index (χ0) is 16.2. The minimum Gasteiger partial charge on any atom is -0.489 e. The Morgan fingerprint density at radius 2 is 2.09 bits per heavy atom. The van der Waals surface area contributed by atoms with E-state index >= 15 is 0 Å². The maximum absolute atomic E-state index is 11.1. The van der Waals surface area contributed by atoms with Crippen LogP contribution in [0.5, 0.6) is 5.75 Å². The molecule has 2 aromatic carbocycles. The Morgan fingerprint density at radius 1 is 1.22 bits per heavy atom. The summed E-state index contributed by atoms with van der Waals surface area (Å²) in [4.78, 5) is 24.8. The van der Waals surface area contributed by atoms with Crippen LogP contribution >= 0.6 is 0 Å². The zero-order valence-corrected chi connectivity index (χ0v) is 12.3. The van der Waals surface area contributed by atoms with Crippen molar-refractivity contribution in [3.63, 3.8) is 0 Å². The van der Waals surface area contributed by atoms with Gasteiger partial charge in [0.2, 0.25) is 5.91 Å². The number of amides is 1. The van der Waals surface area contributed by atoms with Gasteiger partial charge in [0.1, 0.15) is 18.0 Å². The first-order chi connectivity index (χ1) is 11.2. The molecule has 3 N–H and O–H groups in total. The zero-order valence-electron chi connectivity index (χ0n) is 12.3. The predicted molar refractivity (Wildman–Crippen MR) is 87.4 cm³/mol. The van der Waals surface area contributed by atoms with Crippen LogP contribution in [0.25, 0.3) is 10.9 Å². The summed E-state index contributed by atoms with van der Waals surface area (Å²) >= 11 is 0. The van der Waals surface area contributed by atoms with Crippen LogP contribution in [0.4, 0.5) is 5.69 Å². The number of ether oxygens (including phenoxy) is 1. The van der Waals surface area contributed by atoms with E-state index in [1.165, 1.54) is 0 Å². The lowest BCUT2D eigenvalue weighted by Gasteiger charge is -2.07. The highest BCUT2D eigenvalue weighted by molar-refractivity contribution is 5.89. The molecular weight excluding hydrogens is 294 g/mol. The van der Waals surface area contributed by atoms with Crippen molar-refractivity contribution in [2.75, 3.05) is 0 Å². The number of nitrogens with two attached hydrogens (primary N) is 1. The van der Waals surface area contributed by atoms with Crippen LogP contribution in [0.3, 0.4) is 0 Å². The van der Waals surface area contributed by atoms with E-state index in [4.69, 9.17) is 10.5 Å². The van der Waals surface area contributed by atoms with Gasteiger partial charge in [-0.25, -0.2) is 0 Å². The molecule has 1 amide bonds. The normalized spacial score (nSPS) is 10.6. The number of aromatic amines is 1. The number of aromatic nitrogens is 1. The van der Waals surface area contributed by atoms with Gasteiger partial charge in [-0.2, -0.15) is 0 Å². The molecule has 0 saturated carbocycles. The van der Waals surface area contributed by atoms with E-state index in [0.29, 0.717) is 18.0 Å². The van der Waals surface area contributed by atoms with Crippen molar-refractivity contribution in [2.24, 2.45) is 10.9 Å². The molecular formula is C17H15N3O3. The van der Waals surface area contributed by atoms with Crippen molar-refractivity contribution in [3.8, 4) is 5.75 Å². The number of benzene rings is 2. The van der Waals surface area contributed by atoms with Crippen LogP contribution in [0, 0.1) is 4.91 Å². The summed E-state index contributed by atoms with van der Waals surface area (Å²) in [6.07, 6.45) is 1.95. The molecule has 1 heterocycles. The molecule has 0 bridgehead atoms. The fourth-order valence-electron chi connectivity index (χ4n) is 2.45. The molecule has 3 aromatic rings. The van der Waals surface area contributed by atoms with E-state index in [2.05, 4.69) is 10.2 Å². The average molecular weight is 309 g/mol. The van der Waals surface area contributed by atoms with Crippen LogP contribution in [0.15, 0.2) is 53.8 Å². The van der Waals surface area contributed by atoms with E-state index in [-0.39, 0.29) is 12.3 Å². The van der Waals surface area contributed by atoms with Crippen molar-refractivity contribution in [3.05, 3.63) is 64.7 Å². The first kappa shape index (κ1) is 14.8. The fraction of sp³-hybridized carbons (Fsp3) is 0.118. The second kappa shape index (κ2) is 6.31. The van der Waals surface area contributed by atoms with Crippen LogP contribution in [-0.4, -0.2) is 10.9 Å². The first-order valence-corrected chi connectivity index (χ1v) is 7.09. The van der Waals surface area contributed by atoms with Crippen LogP contribution in [0.2, 0.25) is 0 Å². The number of carbonyl (C=O) groups is 1. The minimum atomic E-state index is -0.379. The van der Waals surface area contributed by atoms with Gasteiger partial charge in [-0.05, 0) is 46.6 Å². The summed E-state index contributed by atoms with van der Waals surface area (Å²) in [7, 11) is 0. The van der Waals surface area contributed by atoms with Crippen LogP contribution < -0.4 is 10.5 Å². The highest BCUT2D eigenvalue weighted by atomic mass is 16.5. The second-order valence-corrected chi connectivity index (χ2v) is 5.21. The maximum atomic E-state index is 11.1. The van der Waals surface area contributed by atoms with Crippen LogP contribution in [-0.2, 0) is 17.8 Å². The molecule has 0 radical (unpaired) electrons. The van der Waals surface area contributed by atoms with E-state index in [9.17, 15) is 9.70 Å². The van der Waals surface area contributed by atoms with Gasteiger partial charge in [-0.15, -0.1) is 4.91 Å². The van der Waals surface area contributed by atoms with Crippen molar-refractivity contribution < 1.29 is 9.53 Å². The van der Waals surface area contributed by atoms with Crippen molar-refractivity contribution in [2.45, 2.75) is 13.0 Å². The van der Waals surface area contributed by atoms with E-state index < -0.39 is 0 Å². The molecule has 23 heavy (non-hydrogen) atoms. The molecule has 6 heteroatoms. The molecule has 0 aliphatic heterocycles. The largest absolute Gasteiger partial charge is 0.489 e. The number of hydrogen-bond donors (Lipinski definition) is 2. The lowest BCUT2D eigenvalue weighted by Crippen LogP contribution is -2.13. The number of hydrogen-bond acceptors (Lipinski definition) is 4. The van der Waals surface area contributed by atoms with E-state index in [1.54, 1.807) is 24.4 Å². The molecule has 1 aromatic heterocycles. The molecule has 0 fully saturated rings. The average Bonchev–Trinajstić information content (AvgIpc) is 2.95. The predicted octanol–water partition coefficient (Wildman–Crippen LogP) is 3.17. The summed E-state index contributed by atoms with van der Waals surface area (Å²) in [5.74, 6) is 0.294. The lowest BCUT2D eigenvalue weighted by molar-refractivity contribution is -0.117. The Hall–Kier alpha value is -3.15. The molecule has 0 saturated heterocycles. The van der Waals surface area contributed by atoms with Gasteiger partial charge in [0, 0.05) is 17.1 Å². The topological polar surface area (TPSA) is 97.5 Å². The highest BCUT2D eigenvalue weighted by Gasteiger charge is 2.08. The molecule has 0 unspecified atom stereocenters. The minimum absolute atomic E-state index is 0.177. The lowest BCUT2D eigenvalue weighted by atomic mass is 10.1. The van der Waals surface area contributed by atoms with Crippen molar-refractivity contribution in [1.82, 2.24) is 4.98 Å². The number of nitroso groups, excluding NO2 is 1. The first-order valence-electron chi connectivity index (χ1n) is 7.09. The number of H-pyrrole nitrogens is 1. The van der Waals surface area contributed by atoms with Gasteiger partial charge in [-0.3, -0.25) is 4.79 Å². The Balaban J connectivity index is 1.79. The SMILES string of the molecule is NC(=O)Cc1c[nH]c2ccc(OCc3cccc(N=O)c3)cc12. The quantitative estimate of drug-likeness (QED) is 0.684. The Morgan fingerprint density at radius 3 is 2.87 bits per heavy atom. The number of carbonyl (C=O) groups excluding carboxylic acids is 1. The third-order valence-corrected chi connectivity index (χ3v) is 3.53. The number of nitrogens with one attached hydrogen (secondary N) is 1. The number of fused-ring (bicyclic) bond motifs is 1. The third kappa shape index (κ3) is 3.37. The van der Waals surface area contributed by atoms with E-state index in [0.717, 1.165) is 22.0 Å². The molecule has 6 nitrogen and oxygen atoms in total. The Bertz CT molecular complexity index is 870. The molecule has 0 aliphatic carbocycles. The van der Waals surface area contributed by atoms with Crippen molar-refractivity contribution in [1.29, 1.82) is 0 Å². The van der Waals surface area contributed by atoms with Gasteiger partial charge < -0.3 is 15.5 Å². The fourth-order valence-corrected chi connectivity index (χ4v) is 2.45. The Labute approximate surface area is 132 Å². The Kier molecular flexibility index (Phi) is 4.05. The molecule has 0 aliphatic rings. The molecule has 0 spiro atoms. The highest BCUT2D eigenvalue weighted by Crippen LogP contribution is 2.25. The number of rotatable bonds is 6. The van der Waals surface area contributed by atoms with Gasteiger partial charge in [-0.1, -0.05) is 12.1 Å². The molecule has 116 valence electrons. The van der Waals surface area contributed by atoms with E-state index in [1.807, 2.05) is 24.3 Å². The third-order valence-electron chi connectivity index (χ3n) is 3.53. The van der Waals surface area contributed by atoms with Gasteiger partial charge in [0.25, 0.3) is 0 Å². The van der Waals surface area contributed by atoms with Gasteiger partial charge in [0.15, 0.2) is 0 Å². The number of primary amides is 1. The summed E-state index contributed by atoms with van der Waals surface area (Å²) < 4.78 is 5.76. The smallest absolute Gasteiger partial charge is 0.221 e. The summed E-state index contributed by atoms with van der Waals surface area (Å²) in [5, 5.41) is 3.81. The monoisotopic (exact) mass is 309 g/mol. The standard InChI is InChI=1S/C17H15N3O3/c18-17(21)7-12-9-19-16-5-4-14(8-15(12)16)23-10-11-2-1-3-13(6-11)20-22/h1-6,8-9,19H,7,10H2,(H2,18,21). The number of nitrogens with zero attached hydrogens (tertiary/aromatic N) is 1. The second-order valence-electron chi connectivity index (χ2n) is 5.21. The summed E-state index contributed by atoms with van der Waals surface area (Å²) in [6.45, 7) is 0.324. The van der Waals surface area contributed by atoms with Gasteiger partial charge in [0.05, 0.1) is 6.42 Å². The maximum Gasteiger partial charge on any atom is 0.221 e. The molecule has 3 rings (SSSR count). The molecule has 0 atom stereocenters. The van der Waals surface area contributed by atoms with Gasteiger partial charge >= 0.3 is 0 Å². The van der Waals surface area contributed by atoms with Crippen LogP contribution in [0.1, 0.15) is 11.1 Å². The summed E-state index contributed by atoms with van der Waals surface area (Å²) in [6, 6.07) is 12.5.